The molecular weight excluding hydrogens is 307 g/mol. The van der Waals surface area contributed by atoms with Crippen LogP contribution in [0.5, 0.6) is 0 Å². The van der Waals surface area contributed by atoms with Crippen molar-refractivity contribution < 1.29 is 14.3 Å². The zero-order valence-electron chi connectivity index (χ0n) is 13.6. The molecule has 1 aromatic heterocycles. The lowest BCUT2D eigenvalue weighted by molar-refractivity contribution is 0.0951. The Morgan fingerprint density at radius 1 is 1.21 bits per heavy atom. The minimum Gasteiger partial charge on any atom is -0.392 e. The third-order valence-electron chi connectivity index (χ3n) is 4.30. The van der Waals surface area contributed by atoms with Crippen LogP contribution in [0.2, 0.25) is 0 Å². The van der Waals surface area contributed by atoms with E-state index in [1.54, 1.807) is 18.2 Å². The van der Waals surface area contributed by atoms with E-state index in [4.69, 9.17) is 5.11 Å². The summed E-state index contributed by atoms with van der Waals surface area (Å²) in [5, 5.41) is 13.0. The lowest BCUT2D eigenvalue weighted by Crippen LogP contribution is -2.22. The first kappa shape index (κ1) is 16.2. The molecule has 3 rings (SSSR count). The molecule has 0 atom stereocenters. The maximum absolute atomic E-state index is 13.4. The van der Waals surface area contributed by atoms with E-state index in [1.807, 2.05) is 26.0 Å². The maximum atomic E-state index is 13.4. The number of hydrogen-bond acceptors (Lipinski definition) is 2. The molecule has 0 aliphatic rings. The molecule has 1 heterocycles. The zero-order valence-corrected chi connectivity index (χ0v) is 13.6. The van der Waals surface area contributed by atoms with Gasteiger partial charge in [-0.05, 0) is 55.3 Å². The van der Waals surface area contributed by atoms with Crippen molar-refractivity contribution in [3.05, 3.63) is 70.2 Å². The van der Waals surface area contributed by atoms with Gasteiger partial charge in [0.05, 0.1) is 6.61 Å². The molecular formula is C19H19FN2O2. The standard InChI is InChI=1S/C19H19FN2O2/c1-11-12(2)22-18-6-4-14(8-16(11)18)19(24)21-9-13-3-5-17(20)15(7-13)10-23/h3-8,22-23H,9-10H2,1-2H3,(H,21,24). The summed E-state index contributed by atoms with van der Waals surface area (Å²) in [6, 6.07) is 9.98. The summed E-state index contributed by atoms with van der Waals surface area (Å²) in [7, 11) is 0. The topological polar surface area (TPSA) is 65.1 Å². The summed E-state index contributed by atoms with van der Waals surface area (Å²) in [6.45, 7) is 3.93. The van der Waals surface area contributed by atoms with Crippen LogP contribution in [0.4, 0.5) is 4.39 Å². The Bertz CT molecular complexity index is 915. The molecule has 0 spiro atoms. The van der Waals surface area contributed by atoms with Crippen molar-refractivity contribution in [3.63, 3.8) is 0 Å². The molecule has 124 valence electrons. The van der Waals surface area contributed by atoms with Gasteiger partial charge in [0.25, 0.3) is 5.91 Å². The molecule has 0 aliphatic carbocycles. The van der Waals surface area contributed by atoms with E-state index >= 15 is 0 Å². The number of H-pyrrole nitrogens is 1. The average Bonchev–Trinajstić information content (AvgIpc) is 2.88. The fraction of sp³-hybridized carbons (Fsp3) is 0.211. The summed E-state index contributed by atoms with van der Waals surface area (Å²) >= 11 is 0. The Morgan fingerprint density at radius 3 is 2.75 bits per heavy atom. The molecule has 0 fully saturated rings. The molecule has 1 amide bonds. The van der Waals surface area contributed by atoms with E-state index in [-0.39, 0.29) is 24.6 Å². The van der Waals surface area contributed by atoms with Gasteiger partial charge in [0.1, 0.15) is 5.82 Å². The zero-order chi connectivity index (χ0) is 17.3. The predicted octanol–water partition coefficient (Wildman–Crippen LogP) is 3.35. The quantitative estimate of drug-likeness (QED) is 0.688. The van der Waals surface area contributed by atoms with E-state index in [2.05, 4.69) is 10.3 Å². The van der Waals surface area contributed by atoms with Gasteiger partial charge < -0.3 is 15.4 Å². The van der Waals surface area contributed by atoms with Gasteiger partial charge in [-0.25, -0.2) is 4.39 Å². The number of aryl methyl sites for hydroxylation is 2. The molecule has 0 bridgehead atoms. The largest absolute Gasteiger partial charge is 0.392 e. The van der Waals surface area contributed by atoms with E-state index in [0.717, 1.165) is 27.7 Å². The number of fused-ring (bicyclic) bond motifs is 1. The van der Waals surface area contributed by atoms with Gasteiger partial charge in [0.15, 0.2) is 0 Å². The summed E-state index contributed by atoms with van der Waals surface area (Å²) in [5.41, 5.74) is 4.77. The molecule has 4 nitrogen and oxygen atoms in total. The van der Waals surface area contributed by atoms with Crippen molar-refractivity contribution >= 4 is 16.8 Å². The van der Waals surface area contributed by atoms with Crippen LogP contribution in [-0.4, -0.2) is 16.0 Å². The molecule has 0 unspecified atom stereocenters. The number of hydrogen-bond donors (Lipinski definition) is 3. The van der Waals surface area contributed by atoms with Crippen LogP contribution < -0.4 is 5.32 Å². The Labute approximate surface area is 139 Å². The second-order valence-electron chi connectivity index (χ2n) is 5.90. The van der Waals surface area contributed by atoms with E-state index < -0.39 is 5.82 Å². The predicted molar refractivity (Wildman–Crippen MR) is 91.3 cm³/mol. The van der Waals surface area contributed by atoms with E-state index in [0.29, 0.717) is 5.56 Å². The van der Waals surface area contributed by atoms with Crippen LogP contribution in [0.1, 0.15) is 32.7 Å². The summed E-state index contributed by atoms with van der Waals surface area (Å²) < 4.78 is 13.4. The lowest BCUT2D eigenvalue weighted by Gasteiger charge is -2.08. The fourth-order valence-electron chi connectivity index (χ4n) is 2.75. The number of carbonyl (C=O) groups is 1. The molecule has 5 heteroatoms. The molecule has 3 aromatic rings. The number of nitrogens with one attached hydrogen (secondary N) is 2. The Morgan fingerprint density at radius 2 is 2.00 bits per heavy atom. The van der Waals surface area contributed by atoms with Crippen molar-refractivity contribution in [2.75, 3.05) is 0 Å². The minimum absolute atomic E-state index is 0.190. The average molecular weight is 326 g/mol. The van der Waals surface area contributed by atoms with Gasteiger partial charge in [0, 0.05) is 34.3 Å². The number of carbonyl (C=O) groups excluding carboxylic acids is 1. The normalized spacial score (nSPS) is 11.0. The van der Waals surface area contributed by atoms with Crippen LogP contribution >= 0.6 is 0 Å². The van der Waals surface area contributed by atoms with Gasteiger partial charge in [0.2, 0.25) is 0 Å². The Kier molecular flexibility index (Phi) is 4.36. The van der Waals surface area contributed by atoms with E-state index in [9.17, 15) is 9.18 Å². The Hall–Kier alpha value is -2.66. The van der Waals surface area contributed by atoms with Crippen LogP contribution in [0, 0.1) is 19.7 Å². The number of halogens is 1. The van der Waals surface area contributed by atoms with Gasteiger partial charge in [-0.2, -0.15) is 0 Å². The number of rotatable bonds is 4. The highest BCUT2D eigenvalue weighted by Gasteiger charge is 2.10. The maximum Gasteiger partial charge on any atom is 0.251 e. The van der Waals surface area contributed by atoms with Gasteiger partial charge >= 0.3 is 0 Å². The third kappa shape index (κ3) is 3.03. The van der Waals surface area contributed by atoms with Crippen LogP contribution in [-0.2, 0) is 13.2 Å². The monoisotopic (exact) mass is 326 g/mol. The van der Waals surface area contributed by atoms with E-state index in [1.165, 1.54) is 6.07 Å². The molecule has 0 aliphatic heterocycles. The molecule has 0 radical (unpaired) electrons. The van der Waals surface area contributed by atoms with Gasteiger partial charge in [-0.3, -0.25) is 4.79 Å². The number of amides is 1. The van der Waals surface area contributed by atoms with Crippen molar-refractivity contribution in [3.8, 4) is 0 Å². The second-order valence-corrected chi connectivity index (χ2v) is 5.90. The van der Waals surface area contributed by atoms with Crippen molar-refractivity contribution in [1.82, 2.24) is 10.3 Å². The van der Waals surface area contributed by atoms with Crippen molar-refractivity contribution in [1.29, 1.82) is 0 Å². The van der Waals surface area contributed by atoms with Crippen LogP contribution in [0.25, 0.3) is 10.9 Å². The second kappa shape index (κ2) is 6.45. The van der Waals surface area contributed by atoms with Crippen molar-refractivity contribution in [2.45, 2.75) is 27.0 Å². The number of aliphatic hydroxyl groups is 1. The summed E-state index contributed by atoms with van der Waals surface area (Å²) in [4.78, 5) is 15.6. The number of benzene rings is 2. The molecule has 0 saturated heterocycles. The number of aromatic nitrogens is 1. The first-order chi connectivity index (χ1) is 11.5. The smallest absolute Gasteiger partial charge is 0.251 e. The number of aromatic amines is 1. The summed E-state index contributed by atoms with van der Waals surface area (Å²) in [5.74, 6) is -0.638. The highest BCUT2D eigenvalue weighted by Crippen LogP contribution is 2.22. The van der Waals surface area contributed by atoms with Gasteiger partial charge in [-0.15, -0.1) is 0 Å². The molecule has 2 aromatic carbocycles. The summed E-state index contributed by atoms with van der Waals surface area (Å²) in [6.07, 6.45) is 0. The third-order valence-corrected chi connectivity index (χ3v) is 4.30. The highest BCUT2D eigenvalue weighted by molar-refractivity contribution is 5.99. The van der Waals surface area contributed by atoms with Crippen LogP contribution in [0.15, 0.2) is 36.4 Å². The molecule has 24 heavy (non-hydrogen) atoms. The minimum atomic E-state index is -0.448. The first-order valence-electron chi connectivity index (χ1n) is 7.75. The SMILES string of the molecule is Cc1[nH]c2ccc(C(=O)NCc3ccc(F)c(CO)c3)cc2c1C. The Balaban J connectivity index is 1.76. The first-order valence-corrected chi connectivity index (χ1v) is 7.75. The number of aliphatic hydroxyl groups excluding tert-OH is 1. The molecule has 0 saturated carbocycles. The highest BCUT2D eigenvalue weighted by atomic mass is 19.1. The van der Waals surface area contributed by atoms with Crippen LogP contribution in [0.3, 0.4) is 0 Å². The molecule has 3 N–H and O–H groups in total. The van der Waals surface area contributed by atoms with Gasteiger partial charge in [-0.1, -0.05) is 6.07 Å². The fourth-order valence-corrected chi connectivity index (χ4v) is 2.75. The van der Waals surface area contributed by atoms with Crippen molar-refractivity contribution in [2.24, 2.45) is 0 Å². The lowest BCUT2D eigenvalue weighted by atomic mass is 10.1.